The summed E-state index contributed by atoms with van der Waals surface area (Å²) in [5.74, 6) is 0.869. The summed E-state index contributed by atoms with van der Waals surface area (Å²) >= 11 is 0. The predicted molar refractivity (Wildman–Crippen MR) is 63.6 cm³/mol. The summed E-state index contributed by atoms with van der Waals surface area (Å²) in [6, 6.07) is 7.61. The minimum absolute atomic E-state index is 0. The Hall–Kier alpha value is -0.770. The van der Waals surface area contributed by atoms with Gasteiger partial charge in [-0.15, -0.1) is 12.4 Å². The van der Waals surface area contributed by atoms with Crippen LogP contribution < -0.4 is 10.5 Å². The fraction of sp³-hybridized carbons (Fsp3) is 0.455. The van der Waals surface area contributed by atoms with Gasteiger partial charge in [-0.3, -0.25) is 0 Å². The van der Waals surface area contributed by atoms with E-state index in [1.165, 1.54) is 0 Å². The molecule has 0 spiro atoms. The number of hydrogen-bond donors (Lipinski definition) is 2. The van der Waals surface area contributed by atoms with Gasteiger partial charge >= 0.3 is 0 Å². The van der Waals surface area contributed by atoms with Crippen LogP contribution in [-0.4, -0.2) is 24.4 Å². The lowest BCUT2D eigenvalue weighted by Gasteiger charge is -2.08. The lowest BCUT2D eigenvalue weighted by molar-refractivity contribution is 0.265. The van der Waals surface area contributed by atoms with Crippen LogP contribution in [0.2, 0.25) is 0 Å². The van der Waals surface area contributed by atoms with Gasteiger partial charge in [-0.2, -0.15) is 0 Å². The highest BCUT2D eigenvalue weighted by molar-refractivity contribution is 5.85. The van der Waals surface area contributed by atoms with Crippen molar-refractivity contribution in [2.75, 3.05) is 13.2 Å². The summed E-state index contributed by atoms with van der Waals surface area (Å²) in [4.78, 5) is 0. The van der Waals surface area contributed by atoms with Crippen LogP contribution in [0.25, 0.3) is 0 Å². The first-order valence-electron chi connectivity index (χ1n) is 4.84. The molecule has 15 heavy (non-hydrogen) atoms. The Bertz CT molecular complexity index is 264. The highest BCUT2D eigenvalue weighted by atomic mass is 35.5. The van der Waals surface area contributed by atoms with E-state index in [9.17, 15) is 0 Å². The third-order valence-corrected chi connectivity index (χ3v) is 1.97. The number of ether oxygens (including phenoxy) is 1. The van der Waals surface area contributed by atoms with E-state index in [0.717, 1.165) is 11.3 Å². The van der Waals surface area contributed by atoms with Crippen LogP contribution in [0.5, 0.6) is 5.75 Å². The van der Waals surface area contributed by atoms with Crippen molar-refractivity contribution in [1.82, 2.24) is 0 Å². The zero-order valence-corrected chi connectivity index (χ0v) is 9.67. The molecule has 0 aliphatic rings. The first-order valence-corrected chi connectivity index (χ1v) is 4.84. The van der Waals surface area contributed by atoms with Gasteiger partial charge in [-0.05, 0) is 31.0 Å². The molecule has 1 rings (SSSR count). The molecular weight excluding hydrogens is 214 g/mol. The zero-order chi connectivity index (χ0) is 10.4. The van der Waals surface area contributed by atoms with E-state index >= 15 is 0 Å². The second kappa shape index (κ2) is 7.51. The lowest BCUT2D eigenvalue weighted by Crippen LogP contribution is -2.26. The number of benzene rings is 1. The maximum Gasteiger partial charge on any atom is 0.119 e. The Kier molecular flexibility index (Phi) is 7.13. The van der Waals surface area contributed by atoms with E-state index < -0.39 is 0 Å². The fourth-order valence-corrected chi connectivity index (χ4v) is 1.26. The van der Waals surface area contributed by atoms with E-state index in [1.807, 2.05) is 31.2 Å². The highest BCUT2D eigenvalue weighted by Crippen LogP contribution is 2.12. The number of aliphatic hydroxyl groups excluding tert-OH is 1. The first kappa shape index (κ1) is 14.2. The van der Waals surface area contributed by atoms with Crippen molar-refractivity contribution in [2.24, 2.45) is 5.73 Å². The van der Waals surface area contributed by atoms with E-state index in [4.69, 9.17) is 15.6 Å². The van der Waals surface area contributed by atoms with Crippen LogP contribution in [0.1, 0.15) is 12.5 Å². The van der Waals surface area contributed by atoms with Crippen molar-refractivity contribution in [3.05, 3.63) is 29.8 Å². The molecule has 0 aromatic heterocycles. The number of nitrogens with two attached hydrogens (primary N) is 1. The van der Waals surface area contributed by atoms with Crippen LogP contribution in [-0.2, 0) is 6.42 Å². The number of hydrogen-bond acceptors (Lipinski definition) is 3. The standard InChI is InChI=1S/C11H17NO2.ClH/c1-2-14-11-5-3-9(4-6-11)7-10(12)8-13;/h3-6,10,13H,2,7-8,12H2,1H3;1H. The third-order valence-electron chi connectivity index (χ3n) is 1.97. The second-order valence-electron chi connectivity index (χ2n) is 3.22. The maximum atomic E-state index is 8.79. The van der Waals surface area contributed by atoms with Gasteiger partial charge < -0.3 is 15.6 Å². The summed E-state index contributed by atoms with van der Waals surface area (Å²) in [7, 11) is 0. The molecule has 0 bridgehead atoms. The molecule has 3 nitrogen and oxygen atoms in total. The molecule has 0 saturated heterocycles. The third kappa shape index (κ3) is 5.02. The van der Waals surface area contributed by atoms with Crippen LogP contribution in [0, 0.1) is 0 Å². The number of aliphatic hydroxyl groups is 1. The van der Waals surface area contributed by atoms with Gasteiger partial charge in [0.2, 0.25) is 0 Å². The molecule has 0 amide bonds. The number of halogens is 1. The summed E-state index contributed by atoms with van der Waals surface area (Å²) in [6.07, 6.45) is 0.697. The van der Waals surface area contributed by atoms with Gasteiger partial charge in [0, 0.05) is 6.04 Å². The van der Waals surface area contributed by atoms with Gasteiger partial charge in [0.05, 0.1) is 13.2 Å². The molecule has 1 aromatic rings. The van der Waals surface area contributed by atoms with Crippen LogP contribution in [0.4, 0.5) is 0 Å². The molecular formula is C11H18ClNO2. The van der Waals surface area contributed by atoms with Crippen molar-refractivity contribution in [3.63, 3.8) is 0 Å². The van der Waals surface area contributed by atoms with Gasteiger partial charge in [0.15, 0.2) is 0 Å². The Morgan fingerprint density at radius 2 is 1.93 bits per heavy atom. The van der Waals surface area contributed by atoms with Gasteiger partial charge in [0.1, 0.15) is 5.75 Å². The van der Waals surface area contributed by atoms with E-state index in [-0.39, 0.29) is 25.1 Å². The molecule has 3 N–H and O–H groups in total. The Morgan fingerprint density at radius 1 is 1.33 bits per heavy atom. The van der Waals surface area contributed by atoms with Crippen LogP contribution in [0.15, 0.2) is 24.3 Å². The summed E-state index contributed by atoms with van der Waals surface area (Å²) in [5.41, 5.74) is 6.74. The van der Waals surface area contributed by atoms with Gasteiger partial charge in [0.25, 0.3) is 0 Å². The number of rotatable bonds is 5. The van der Waals surface area contributed by atoms with Crippen LogP contribution >= 0.6 is 12.4 Å². The molecule has 0 aliphatic heterocycles. The van der Waals surface area contributed by atoms with E-state index in [0.29, 0.717) is 13.0 Å². The predicted octanol–water partition coefficient (Wildman–Crippen LogP) is 1.37. The summed E-state index contributed by atoms with van der Waals surface area (Å²) in [5, 5.41) is 8.79. The summed E-state index contributed by atoms with van der Waals surface area (Å²) in [6.45, 7) is 2.65. The minimum atomic E-state index is -0.173. The molecule has 86 valence electrons. The molecule has 4 heteroatoms. The molecule has 1 atom stereocenters. The van der Waals surface area contributed by atoms with Crippen LogP contribution in [0.3, 0.4) is 0 Å². The monoisotopic (exact) mass is 231 g/mol. The SMILES string of the molecule is CCOc1ccc(CC(N)CO)cc1.Cl. The van der Waals surface area contributed by atoms with Gasteiger partial charge in [-0.1, -0.05) is 12.1 Å². The first-order chi connectivity index (χ1) is 6.76. The molecule has 1 unspecified atom stereocenters. The van der Waals surface area contributed by atoms with Gasteiger partial charge in [-0.25, -0.2) is 0 Å². The molecule has 0 fully saturated rings. The average molecular weight is 232 g/mol. The molecule has 0 radical (unpaired) electrons. The topological polar surface area (TPSA) is 55.5 Å². The largest absolute Gasteiger partial charge is 0.494 e. The Morgan fingerprint density at radius 3 is 2.40 bits per heavy atom. The van der Waals surface area contributed by atoms with Crippen molar-refractivity contribution in [2.45, 2.75) is 19.4 Å². The van der Waals surface area contributed by atoms with Crippen molar-refractivity contribution < 1.29 is 9.84 Å². The molecule has 0 aliphatic carbocycles. The summed E-state index contributed by atoms with van der Waals surface area (Å²) < 4.78 is 5.31. The van der Waals surface area contributed by atoms with Crippen molar-refractivity contribution in [3.8, 4) is 5.75 Å². The smallest absolute Gasteiger partial charge is 0.119 e. The highest BCUT2D eigenvalue weighted by Gasteiger charge is 2.02. The molecule has 1 aromatic carbocycles. The van der Waals surface area contributed by atoms with Crippen molar-refractivity contribution in [1.29, 1.82) is 0 Å². The lowest BCUT2D eigenvalue weighted by atomic mass is 10.1. The van der Waals surface area contributed by atoms with E-state index in [2.05, 4.69) is 0 Å². The molecule has 0 heterocycles. The quantitative estimate of drug-likeness (QED) is 0.805. The Labute approximate surface area is 96.7 Å². The zero-order valence-electron chi connectivity index (χ0n) is 8.85. The Balaban J connectivity index is 0.00000196. The normalized spacial score (nSPS) is 11.7. The maximum absolute atomic E-state index is 8.79. The minimum Gasteiger partial charge on any atom is -0.494 e. The average Bonchev–Trinajstić information content (AvgIpc) is 2.21. The van der Waals surface area contributed by atoms with Crippen molar-refractivity contribution >= 4 is 12.4 Å². The van der Waals surface area contributed by atoms with E-state index in [1.54, 1.807) is 0 Å². The second-order valence-corrected chi connectivity index (χ2v) is 3.22. The fourth-order valence-electron chi connectivity index (χ4n) is 1.26. The molecule has 0 saturated carbocycles.